The van der Waals surface area contributed by atoms with Crippen LogP contribution >= 0.6 is 11.3 Å². The van der Waals surface area contributed by atoms with Crippen LogP contribution in [-0.4, -0.2) is 16.9 Å². The van der Waals surface area contributed by atoms with E-state index in [1.54, 1.807) is 5.51 Å². The molecule has 0 amide bonds. The number of aromatic nitrogens is 1. The first-order valence-electron chi connectivity index (χ1n) is 3.69. The first-order chi connectivity index (χ1) is 5.66. The topological polar surface area (TPSA) is 60.6 Å². The normalized spacial score (nSPS) is 10.2. The number of rotatable bonds is 3. The van der Waals surface area contributed by atoms with Crippen molar-refractivity contribution in [3.05, 3.63) is 16.1 Å². The second kappa shape index (κ2) is 3.58. The van der Waals surface area contributed by atoms with Crippen molar-refractivity contribution in [2.75, 3.05) is 0 Å². The highest BCUT2D eigenvalue weighted by molar-refractivity contribution is 7.11. The zero-order valence-corrected chi connectivity index (χ0v) is 7.90. The molecule has 0 saturated carbocycles. The molecule has 1 heterocycles. The maximum Gasteiger partial charge on any atom is 0.104 e. The number of nitrogens with zero attached hydrogens (tertiary/aromatic N) is 1. The first kappa shape index (κ1) is 9.06. The smallest absolute Gasteiger partial charge is 0.104 e. The van der Waals surface area contributed by atoms with Crippen molar-refractivity contribution in [2.45, 2.75) is 13.8 Å². The molecule has 0 fully saturated rings. The standard InChI is InChI=1S/C8H11N3S/c1-5(2)7(10)8-6(3-9)12-4-11-8/h3-5,9-10H,1-2H3. The summed E-state index contributed by atoms with van der Waals surface area (Å²) in [6.45, 7) is 3.91. The predicted octanol–water partition coefficient (Wildman–Crippen LogP) is 2.16. The minimum absolute atomic E-state index is 0.172. The second-order valence-corrected chi connectivity index (χ2v) is 3.66. The van der Waals surface area contributed by atoms with Gasteiger partial charge in [0.25, 0.3) is 0 Å². The number of hydrogen-bond donors (Lipinski definition) is 2. The Bertz CT molecular complexity index is 301. The second-order valence-electron chi connectivity index (χ2n) is 2.78. The number of thiazole rings is 1. The molecular formula is C8H11N3S. The molecule has 1 rings (SSSR count). The lowest BCUT2D eigenvalue weighted by Crippen LogP contribution is -2.09. The molecular weight excluding hydrogens is 170 g/mol. The van der Waals surface area contributed by atoms with Crippen LogP contribution in [0, 0.1) is 16.7 Å². The fraction of sp³-hybridized carbons (Fsp3) is 0.375. The van der Waals surface area contributed by atoms with Gasteiger partial charge in [-0.1, -0.05) is 13.8 Å². The van der Waals surface area contributed by atoms with Crippen LogP contribution < -0.4 is 0 Å². The zero-order valence-electron chi connectivity index (χ0n) is 7.09. The van der Waals surface area contributed by atoms with Gasteiger partial charge in [0.1, 0.15) is 5.69 Å². The van der Waals surface area contributed by atoms with Crippen molar-refractivity contribution in [3.8, 4) is 0 Å². The molecule has 0 saturated heterocycles. The molecule has 0 aliphatic heterocycles. The molecule has 0 aromatic carbocycles. The molecule has 0 atom stereocenters. The average Bonchev–Trinajstić information content (AvgIpc) is 2.49. The van der Waals surface area contributed by atoms with E-state index < -0.39 is 0 Å². The van der Waals surface area contributed by atoms with Gasteiger partial charge in [-0.2, -0.15) is 0 Å². The van der Waals surface area contributed by atoms with Crippen LogP contribution in [0.25, 0.3) is 0 Å². The molecule has 0 bridgehead atoms. The van der Waals surface area contributed by atoms with E-state index in [1.807, 2.05) is 13.8 Å². The van der Waals surface area contributed by atoms with Gasteiger partial charge in [0.15, 0.2) is 0 Å². The summed E-state index contributed by atoms with van der Waals surface area (Å²) in [6.07, 6.45) is 1.25. The van der Waals surface area contributed by atoms with E-state index in [0.29, 0.717) is 11.4 Å². The van der Waals surface area contributed by atoms with Crippen LogP contribution in [0.15, 0.2) is 5.51 Å². The van der Waals surface area contributed by atoms with Gasteiger partial charge in [0.2, 0.25) is 0 Å². The molecule has 0 radical (unpaired) electrons. The molecule has 12 heavy (non-hydrogen) atoms. The maximum atomic E-state index is 7.69. The Labute approximate surface area is 75.5 Å². The van der Waals surface area contributed by atoms with Gasteiger partial charge in [-0.25, -0.2) is 4.98 Å². The molecule has 0 aliphatic rings. The summed E-state index contributed by atoms with van der Waals surface area (Å²) in [5.41, 5.74) is 2.84. The first-order valence-corrected chi connectivity index (χ1v) is 4.57. The highest BCUT2D eigenvalue weighted by atomic mass is 32.1. The van der Waals surface area contributed by atoms with E-state index in [0.717, 1.165) is 4.88 Å². The third kappa shape index (κ3) is 1.58. The third-order valence-electron chi connectivity index (χ3n) is 1.56. The fourth-order valence-electron chi connectivity index (χ4n) is 0.833. The van der Waals surface area contributed by atoms with Gasteiger partial charge in [-0.3, -0.25) is 0 Å². The van der Waals surface area contributed by atoms with Crippen molar-refractivity contribution in [2.24, 2.45) is 5.92 Å². The van der Waals surface area contributed by atoms with Gasteiger partial charge in [-0.15, -0.1) is 11.3 Å². The van der Waals surface area contributed by atoms with Crippen molar-refractivity contribution < 1.29 is 0 Å². The van der Waals surface area contributed by atoms with Gasteiger partial charge in [0.05, 0.1) is 16.1 Å². The molecule has 3 nitrogen and oxygen atoms in total. The van der Waals surface area contributed by atoms with Gasteiger partial charge in [-0.05, 0) is 5.92 Å². The molecule has 0 unspecified atom stereocenters. The third-order valence-corrected chi connectivity index (χ3v) is 2.33. The molecule has 64 valence electrons. The van der Waals surface area contributed by atoms with Crippen molar-refractivity contribution in [3.63, 3.8) is 0 Å². The van der Waals surface area contributed by atoms with Crippen molar-refractivity contribution in [1.82, 2.24) is 4.98 Å². The summed E-state index contributed by atoms with van der Waals surface area (Å²) in [7, 11) is 0. The summed E-state index contributed by atoms with van der Waals surface area (Å²) >= 11 is 1.40. The number of hydrogen-bond acceptors (Lipinski definition) is 4. The minimum Gasteiger partial charge on any atom is -0.307 e. The van der Waals surface area contributed by atoms with Gasteiger partial charge < -0.3 is 10.8 Å². The van der Waals surface area contributed by atoms with E-state index in [4.69, 9.17) is 10.8 Å². The van der Waals surface area contributed by atoms with Crippen LogP contribution in [-0.2, 0) is 0 Å². The van der Waals surface area contributed by atoms with Gasteiger partial charge >= 0.3 is 0 Å². The van der Waals surface area contributed by atoms with Crippen molar-refractivity contribution in [1.29, 1.82) is 10.8 Å². The predicted molar refractivity (Wildman–Crippen MR) is 51.7 cm³/mol. The fourth-order valence-corrected chi connectivity index (χ4v) is 1.45. The lowest BCUT2D eigenvalue weighted by atomic mass is 10.1. The monoisotopic (exact) mass is 181 g/mol. The minimum atomic E-state index is 0.172. The molecule has 0 aliphatic carbocycles. The Hall–Kier alpha value is -1.03. The molecule has 2 N–H and O–H groups in total. The Morgan fingerprint density at radius 3 is 2.83 bits per heavy atom. The largest absolute Gasteiger partial charge is 0.307 e. The average molecular weight is 181 g/mol. The maximum absolute atomic E-state index is 7.69. The summed E-state index contributed by atoms with van der Waals surface area (Å²) in [6, 6.07) is 0. The van der Waals surface area contributed by atoms with Crippen LogP contribution in [0.4, 0.5) is 0 Å². The lowest BCUT2D eigenvalue weighted by Gasteiger charge is -2.04. The highest BCUT2D eigenvalue weighted by Gasteiger charge is 2.12. The highest BCUT2D eigenvalue weighted by Crippen LogP contribution is 2.14. The Morgan fingerprint density at radius 1 is 1.67 bits per heavy atom. The SMILES string of the molecule is CC(C)C(=N)c1ncsc1C=N. The van der Waals surface area contributed by atoms with Crippen LogP contribution in [0.5, 0.6) is 0 Å². The van der Waals surface area contributed by atoms with Crippen LogP contribution in [0.1, 0.15) is 24.4 Å². The Kier molecular flexibility index (Phi) is 2.70. The van der Waals surface area contributed by atoms with Crippen LogP contribution in [0.3, 0.4) is 0 Å². The lowest BCUT2D eigenvalue weighted by molar-refractivity contribution is 0.873. The Morgan fingerprint density at radius 2 is 2.33 bits per heavy atom. The van der Waals surface area contributed by atoms with E-state index in [1.165, 1.54) is 17.6 Å². The molecule has 4 heteroatoms. The summed E-state index contributed by atoms with van der Waals surface area (Å²) < 4.78 is 0. The van der Waals surface area contributed by atoms with E-state index in [9.17, 15) is 0 Å². The van der Waals surface area contributed by atoms with E-state index in [-0.39, 0.29) is 5.92 Å². The summed E-state index contributed by atoms with van der Waals surface area (Å²) in [5, 5.41) is 14.8. The van der Waals surface area contributed by atoms with Crippen molar-refractivity contribution >= 4 is 23.3 Å². The van der Waals surface area contributed by atoms with Gasteiger partial charge in [0, 0.05) is 6.21 Å². The Balaban J connectivity index is 3.01. The molecule has 1 aromatic heterocycles. The molecule has 1 aromatic rings. The molecule has 0 spiro atoms. The summed E-state index contributed by atoms with van der Waals surface area (Å²) in [4.78, 5) is 4.82. The number of nitrogens with one attached hydrogen (secondary N) is 2. The van der Waals surface area contributed by atoms with E-state index >= 15 is 0 Å². The van der Waals surface area contributed by atoms with Crippen LogP contribution in [0.2, 0.25) is 0 Å². The van der Waals surface area contributed by atoms with E-state index in [2.05, 4.69) is 4.98 Å². The quantitative estimate of drug-likeness (QED) is 0.690. The summed E-state index contributed by atoms with van der Waals surface area (Å²) in [5.74, 6) is 0.172. The zero-order chi connectivity index (χ0) is 9.14.